The highest BCUT2D eigenvalue weighted by molar-refractivity contribution is 9.15. The van der Waals surface area contributed by atoms with Gasteiger partial charge in [-0.2, -0.15) is 0 Å². The van der Waals surface area contributed by atoms with E-state index in [-0.39, 0.29) is 5.41 Å². The summed E-state index contributed by atoms with van der Waals surface area (Å²) in [5.41, 5.74) is 2.83. The van der Waals surface area contributed by atoms with Gasteiger partial charge in [-0.25, -0.2) is 0 Å². The van der Waals surface area contributed by atoms with Crippen LogP contribution in [-0.2, 0) is 5.41 Å². The molecular formula is C11H10Br2. The minimum Gasteiger partial charge on any atom is -0.0608 e. The van der Waals surface area contributed by atoms with Gasteiger partial charge in [-0.1, -0.05) is 63.9 Å². The van der Waals surface area contributed by atoms with Crippen LogP contribution >= 0.6 is 31.9 Å². The molecule has 0 N–H and O–H groups in total. The van der Waals surface area contributed by atoms with Gasteiger partial charge in [0.05, 0.1) is 0 Å². The molecule has 1 aliphatic rings. The highest BCUT2D eigenvalue weighted by atomic mass is 79.9. The zero-order valence-corrected chi connectivity index (χ0v) is 10.7. The summed E-state index contributed by atoms with van der Waals surface area (Å²) in [4.78, 5) is 0. The third-order valence-corrected chi connectivity index (χ3v) is 3.72. The van der Waals surface area contributed by atoms with Gasteiger partial charge in [0.2, 0.25) is 0 Å². The molecule has 0 aliphatic heterocycles. The van der Waals surface area contributed by atoms with E-state index in [0.717, 1.165) is 0 Å². The molecule has 0 nitrogen and oxygen atoms in total. The summed E-state index contributed by atoms with van der Waals surface area (Å²) in [5.74, 6) is 0. The highest BCUT2D eigenvalue weighted by Crippen LogP contribution is 2.45. The third-order valence-electron chi connectivity index (χ3n) is 2.43. The van der Waals surface area contributed by atoms with Crippen LogP contribution in [0, 0.1) is 0 Å². The van der Waals surface area contributed by atoms with Crippen molar-refractivity contribution < 1.29 is 0 Å². The number of benzene rings is 1. The Morgan fingerprint density at radius 1 is 1.15 bits per heavy atom. The maximum atomic E-state index is 3.59. The van der Waals surface area contributed by atoms with Crippen molar-refractivity contribution in [2.24, 2.45) is 0 Å². The minimum atomic E-state index is 0.151. The predicted octanol–water partition coefficient (Wildman–Crippen LogP) is 4.48. The molecule has 0 saturated heterocycles. The summed E-state index contributed by atoms with van der Waals surface area (Å²) in [6.45, 7) is 4.46. The van der Waals surface area contributed by atoms with Crippen LogP contribution in [0.25, 0.3) is 4.48 Å². The second-order valence-corrected chi connectivity index (χ2v) is 5.59. The molecule has 1 aliphatic carbocycles. The van der Waals surface area contributed by atoms with Crippen LogP contribution in [0.4, 0.5) is 0 Å². The summed E-state index contributed by atoms with van der Waals surface area (Å²) < 4.78 is 2.36. The zero-order valence-electron chi connectivity index (χ0n) is 7.57. The Morgan fingerprint density at radius 2 is 1.85 bits per heavy atom. The molecule has 0 spiro atoms. The summed E-state index contributed by atoms with van der Waals surface area (Å²) in [7, 11) is 0. The fourth-order valence-electron chi connectivity index (χ4n) is 1.77. The Balaban J connectivity index is 2.74. The SMILES string of the molecule is CC1(C)C=C(Br)c2c(Br)cccc21. The molecule has 0 fully saturated rings. The zero-order chi connectivity index (χ0) is 9.64. The van der Waals surface area contributed by atoms with Gasteiger partial charge >= 0.3 is 0 Å². The van der Waals surface area contributed by atoms with Crippen molar-refractivity contribution in [1.29, 1.82) is 0 Å². The van der Waals surface area contributed by atoms with E-state index >= 15 is 0 Å². The molecular weight excluding hydrogens is 292 g/mol. The maximum absolute atomic E-state index is 3.59. The number of rotatable bonds is 0. The van der Waals surface area contributed by atoms with Crippen LogP contribution in [0.3, 0.4) is 0 Å². The standard InChI is InChI=1S/C11H10Br2/c1-11(2)6-9(13)10-7(11)4-3-5-8(10)12/h3-6H,1-2H3. The van der Waals surface area contributed by atoms with E-state index < -0.39 is 0 Å². The minimum absolute atomic E-state index is 0.151. The van der Waals surface area contributed by atoms with Gasteiger partial charge < -0.3 is 0 Å². The second-order valence-electron chi connectivity index (χ2n) is 3.88. The number of hydrogen-bond donors (Lipinski definition) is 0. The van der Waals surface area contributed by atoms with Crippen molar-refractivity contribution in [3.8, 4) is 0 Å². The Labute approximate surface area is 95.3 Å². The first-order valence-electron chi connectivity index (χ1n) is 4.20. The largest absolute Gasteiger partial charge is 0.0608 e. The number of halogens is 2. The normalized spacial score (nSPS) is 18.3. The molecule has 1 aromatic rings. The van der Waals surface area contributed by atoms with E-state index in [1.807, 2.05) is 0 Å². The van der Waals surface area contributed by atoms with Crippen LogP contribution in [0.5, 0.6) is 0 Å². The lowest BCUT2D eigenvalue weighted by atomic mass is 9.87. The summed E-state index contributed by atoms with van der Waals surface area (Å²) in [6.07, 6.45) is 2.25. The molecule has 0 amide bonds. The predicted molar refractivity (Wildman–Crippen MR) is 64.1 cm³/mol. The summed E-state index contributed by atoms with van der Waals surface area (Å²) in [5, 5.41) is 0. The quantitative estimate of drug-likeness (QED) is 0.663. The van der Waals surface area contributed by atoms with Crippen molar-refractivity contribution in [1.82, 2.24) is 0 Å². The number of hydrogen-bond acceptors (Lipinski definition) is 0. The van der Waals surface area contributed by atoms with Gasteiger partial charge in [0.1, 0.15) is 0 Å². The molecule has 0 bridgehead atoms. The molecule has 2 heteroatoms. The van der Waals surface area contributed by atoms with Crippen molar-refractivity contribution in [2.45, 2.75) is 19.3 Å². The average molecular weight is 302 g/mol. The van der Waals surface area contributed by atoms with E-state index in [2.05, 4.69) is 70.0 Å². The van der Waals surface area contributed by atoms with Gasteiger partial charge in [-0.3, -0.25) is 0 Å². The third kappa shape index (κ3) is 1.40. The van der Waals surface area contributed by atoms with Gasteiger partial charge in [-0.05, 0) is 11.6 Å². The van der Waals surface area contributed by atoms with Gasteiger partial charge in [0.15, 0.2) is 0 Å². The van der Waals surface area contributed by atoms with Crippen molar-refractivity contribution >= 4 is 36.3 Å². The highest BCUT2D eigenvalue weighted by Gasteiger charge is 2.29. The van der Waals surface area contributed by atoms with Crippen molar-refractivity contribution in [3.05, 3.63) is 39.9 Å². The molecule has 0 unspecified atom stereocenters. The Morgan fingerprint density at radius 3 is 2.46 bits per heavy atom. The van der Waals surface area contributed by atoms with Crippen LogP contribution in [-0.4, -0.2) is 0 Å². The Kier molecular flexibility index (Phi) is 2.16. The first-order valence-corrected chi connectivity index (χ1v) is 5.79. The van der Waals surface area contributed by atoms with E-state index in [4.69, 9.17) is 0 Å². The van der Waals surface area contributed by atoms with Crippen molar-refractivity contribution in [2.75, 3.05) is 0 Å². The Hall–Kier alpha value is -0.0800. The molecule has 0 radical (unpaired) electrons. The molecule has 2 rings (SSSR count). The number of allylic oxidation sites excluding steroid dienone is 1. The van der Waals surface area contributed by atoms with Gasteiger partial charge in [0.25, 0.3) is 0 Å². The van der Waals surface area contributed by atoms with Crippen molar-refractivity contribution in [3.63, 3.8) is 0 Å². The molecule has 1 aromatic carbocycles. The van der Waals surface area contributed by atoms with Crippen LogP contribution in [0.2, 0.25) is 0 Å². The van der Waals surface area contributed by atoms with Gasteiger partial charge in [0, 0.05) is 19.9 Å². The maximum Gasteiger partial charge on any atom is 0.0262 e. The van der Waals surface area contributed by atoms with Crippen LogP contribution < -0.4 is 0 Å². The summed E-state index contributed by atoms with van der Waals surface area (Å²) >= 11 is 7.16. The Bertz CT molecular complexity index is 389. The monoisotopic (exact) mass is 300 g/mol. The summed E-state index contributed by atoms with van der Waals surface area (Å²) in [6, 6.07) is 6.35. The van der Waals surface area contributed by atoms with E-state index in [1.54, 1.807) is 0 Å². The smallest absolute Gasteiger partial charge is 0.0262 e. The fourth-order valence-corrected chi connectivity index (χ4v) is 3.62. The first kappa shape index (κ1) is 9.47. The molecule has 13 heavy (non-hydrogen) atoms. The topological polar surface area (TPSA) is 0 Å². The first-order chi connectivity index (χ1) is 6.02. The molecule has 0 atom stereocenters. The molecule has 68 valence electrons. The van der Waals surface area contributed by atoms with E-state index in [0.29, 0.717) is 0 Å². The molecule has 0 saturated carbocycles. The average Bonchev–Trinajstić information content (AvgIpc) is 2.24. The van der Waals surface area contributed by atoms with E-state index in [9.17, 15) is 0 Å². The molecule has 0 heterocycles. The number of fused-ring (bicyclic) bond motifs is 1. The van der Waals surface area contributed by atoms with Crippen LogP contribution in [0.1, 0.15) is 25.0 Å². The van der Waals surface area contributed by atoms with Gasteiger partial charge in [-0.15, -0.1) is 0 Å². The van der Waals surface area contributed by atoms with Crippen LogP contribution in [0.15, 0.2) is 28.7 Å². The lowest BCUT2D eigenvalue weighted by Gasteiger charge is -2.17. The lowest BCUT2D eigenvalue weighted by molar-refractivity contribution is 0.683. The van der Waals surface area contributed by atoms with E-state index in [1.165, 1.54) is 20.1 Å². The fraction of sp³-hybridized carbons (Fsp3) is 0.273. The molecule has 0 aromatic heterocycles. The lowest BCUT2D eigenvalue weighted by Crippen LogP contribution is -2.10. The second kappa shape index (κ2) is 2.96.